The molecule has 4 nitrogen and oxygen atoms in total. The van der Waals surface area contributed by atoms with E-state index in [9.17, 15) is 0 Å². The van der Waals surface area contributed by atoms with Crippen LogP contribution in [-0.4, -0.2) is 60.8 Å². The van der Waals surface area contributed by atoms with Gasteiger partial charge in [-0.15, -0.1) is 24.0 Å². The van der Waals surface area contributed by atoms with Gasteiger partial charge < -0.3 is 15.0 Å². The standard InChI is InChI=1S/C17H31N3OS.HI/c1-3-18-15(19-11-16(2)13-21-14-16)20-9-10-22-17(12-20)7-5-4-6-8-17;/h3-14H2,1-2H3,(H,18,19);1H. The number of ether oxygens (including phenoxy) is 1. The van der Waals surface area contributed by atoms with Crippen LogP contribution in [0.4, 0.5) is 0 Å². The first-order valence-corrected chi connectivity index (χ1v) is 9.88. The average molecular weight is 453 g/mol. The summed E-state index contributed by atoms with van der Waals surface area (Å²) in [6.45, 7) is 10.3. The van der Waals surface area contributed by atoms with Gasteiger partial charge in [-0.05, 0) is 19.8 Å². The first kappa shape index (κ1) is 19.6. The van der Waals surface area contributed by atoms with Crippen molar-refractivity contribution < 1.29 is 4.74 Å². The lowest BCUT2D eigenvalue weighted by Gasteiger charge is -2.46. The van der Waals surface area contributed by atoms with Crippen LogP contribution in [0.1, 0.15) is 46.0 Å². The summed E-state index contributed by atoms with van der Waals surface area (Å²) in [7, 11) is 0. The number of hydrogen-bond acceptors (Lipinski definition) is 3. The Balaban J connectivity index is 0.00000192. The van der Waals surface area contributed by atoms with Crippen LogP contribution in [0.25, 0.3) is 0 Å². The second-order valence-electron chi connectivity index (χ2n) is 7.49. The summed E-state index contributed by atoms with van der Waals surface area (Å²) < 4.78 is 5.86. The molecule has 2 aliphatic heterocycles. The van der Waals surface area contributed by atoms with E-state index in [1.54, 1.807) is 0 Å². The molecule has 0 amide bonds. The summed E-state index contributed by atoms with van der Waals surface area (Å²) >= 11 is 2.22. The van der Waals surface area contributed by atoms with E-state index in [1.165, 1.54) is 44.4 Å². The second kappa shape index (κ2) is 8.61. The van der Waals surface area contributed by atoms with Crippen LogP contribution < -0.4 is 5.32 Å². The molecule has 0 bridgehead atoms. The van der Waals surface area contributed by atoms with Gasteiger partial charge in [0.2, 0.25) is 0 Å². The largest absolute Gasteiger partial charge is 0.380 e. The third-order valence-electron chi connectivity index (χ3n) is 5.16. The van der Waals surface area contributed by atoms with E-state index < -0.39 is 0 Å². The molecule has 134 valence electrons. The Morgan fingerprint density at radius 3 is 2.61 bits per heavy atom. The van der Waals surface area contributed by atoms with Crippen LogP contribution in [0.5, 0.6) is 0 Å². The Morgan fingerprint density at radius 2 is 2.00 bits per heavy atom. The van der Waals surface area contributed by atoms with Gasteiger partial charge in [-0.25, -0.2) is 0 Å². The van der Waals surface area contributed by atoms with Crippen molar-refractivity contribution >= 4 is 41.7 Å². The molecule has 1 saturated carbocycles. The molecule has 1 aliphatic carbocycles. The molecule has 1 spiro atoms. The van der Waals surface area contributed by atoms with Crippen molar-refractivity contribution in [3.8, 4) is 0 Å². The van der Waals surface area contributed by atoms with E-state index in [-0.39, 0.29) is 29.4 Å². The first-order valence-electron chi connectivity index (χ1n) is 8.90. The number of nitrogens with one attached hydrogen (secondary N) is 1. The van der Waals surface area contributed by atoms with Crippen molar-refractivity contribution in [2.75, 3.05) is 45.1 Å². The third-order valence-corrected chi connectivity index (χ3v) is 6.70. The number of aliphatic imine (C=N–C) groups is 1. The van der Waals surface area contributed by atoms with Crippen LogP contribution in [0.3, 0.4) is 0 Å². The van der Waals surface area contributed by atoms with E-state index in [4.69, 9.17) is 9.73 Å². The quantitative estimate of drug-likeness (QED) is 0.404. The molecule has 3 aliphatic rings. The summed E-state index contributed by atoms with van der Waals surface area (Å²) in [4.78, 5) is 7.47. The lowest BCUT2D eigenvalue weighted by molar-refractivity contribution is -0.0946. The summed E-state index contributed by atoms with van der Waals surface area (Å²) in [6, 6.07) is 0. The van der Waals surface area contributed by atoms with Gasteiger partial charge in [-0.3, -0.25) is 4.99 Å². The first-order chi connectivity index (χ1) is 10.6. The maximum atomic E-state index is 5.36. The van der Waals surface area contributed by atoms with E-state index in [2.05, 4.69) is 35.8 Å². The van der Waals surface area contributed by atoms with Gasteiger partial charge in [0.05, 0.1) is 19.8 Å². The molecule has 0 unspecified atom stereocenters. The zero-order valence-corrected chi connectivity index (χ0v) is 17.8. The number of halogens is 1. The number of rotatable bonds is 3. The third kappa shape index (κ3) is 4.91. The Labute approximate surface area is 162 Å². The molecule has 2 saturated heterocycles. The number of hydrogen-bond donors (Lipinski definition) is 1. The molecular weight excluding hydrogens is 421 g/mol. The van der Waals surface area contributed by atoms with E-state index in [1.807, 2.05) is 0 Å². The molecule has 0 radical (unpaired) electrons. The van der Waals surface area contributed by atoms with Crippen molar-refractivity contribution in [1.29, 1.82) is 0 Å². The van der Waals surface area contributed by atoms with Crippen LogP contribution in [-0.2, 0) is 4.74 Å². The lowest BCUT2D eigenvalue weighted by atomic mass is 9.87. The molecule has 0 aromatic rings. The van der Waals surface area contributed by atoms with Crippen LogP contribution >= 0.6 is 35.7 Å². The second-order valence-corrected chi connectivity index (χ2v) is 9.05. The van der Waals surface area contributed by atoms with Crippen molar-refractivity contribution in [1.82, 2.24) is 10.2 Å². The molecule has 3 fully saturated rings. The maximum absolute atomic E-state index is 5.36. The Kier molecular flexibility index (Phi) is 7.35. The summed E-state index contributed by atoms with van der Waals surface area (Å²) in [6.07, 6.45) is 7.01. The summed E-state index contributed by atoms with van der Waals surface area (Å²) in [5, 5.41) is 3.52. The molecule has 0 aromatic heterocycles. The van der Waals surface area contributed by atoms with Gasteiger partial charge in [0, 0.05) is 35.5 Å². The molecule has 0 aromatic carbocycles. The Hall–Kier alpha value is 0.310. The van der Waals surface area contributed by atoms with E-state index in [0.717, 1.165) is 38.8 Å². The predicted octanol–water partition coefficient (Wildman–Crippen LogP) is 3.36. The highest BCUT2D eigenvalue weighted by Gasteiger charge is 2.38. The minimum absolute atomic E-state index is 0. The van der Waals surface area contributed by atoms with Crippen LogP contribution in [0.15, 0.2) is 4.99 Å². The fourth-order valence-electron chi connectivity index (χ4n) is 3.76. The van der Waals surface area contributed by atoms with Gasteiger partial charge in [-0.1, -0.05) is 26.2 Å². The fourth-order valence-corrected chi connectivity index (χ4v) is 5.33. The van der Waals surface area contributed by atoms with Crippen LogP contribution in [0.2, 0.25) is 0 Å². The van der Waals surface area contributed by atoms with Gasteiger partial charge in [0.1, 0.15) is 0 Å². The van der Waals surface area contributed by atoms with Crippen molar-refractivity contribution in [2.45, 2.75) is 50.7 Å². The maximum Gasteiger partial charge on any atom is 0.194 e. The SMILES string of the molecule is CCNC(=NCC1(C)COC1)N1CCSC2(CCCCC2)C1.I. The zero-order chi connectivity index (χ0) is 15.5. The van der Waals surface area contributed by atoms with Crippen molar-refractivity contribution in [3.63, 3.8) is 0 Å². The Morgan fingerprint density at radius 1 is 1.26 bits per heavy atom. The summed E-state index contributed by atoms with van der Waals surface area (Å²) in [5.74, 6) is 2.37. The normalized spacial score (nSPS) is 26.3. The van der Waals surface area contributed by atoms with Crippen molar-refractivity contribution in [2.24, 2.45) is 10.4 Å². The monoisotopic (exact) mass is 453 g/mol. The fraction of sp³-hybridized carbons (Fsp3) is 0.941. The van der Waals surface area contributed by atoms with Crippen molar-refractivity contribution in [3.05, 3.63) is 0 Å². The van der Waals surface area contributed by atoms with E-state index in [0.29, 0.717) is 4.75 Å². The highest BCUT2D eigenvalue weighted by molar-refractivity contribution is 14.0. The number of guanidine groups is 1. The molecule has 0 atom stereocenters. The highest BCUT2D eigenvalue weighted by atomic mass is 127. The smallest absolute Gasteiger partial charge is 0.194 e. The van der Waals surface area contributed by atoms with E-state index >= 15 is 0 Å². The predicted molar refractivity (Wildman–Crippen MR) is 110 cm³/mol. The minimum Gasteiger partial charge on any atom is -0.380 e. The number of nitrogens with zero attached hydrogens (tertiary/aromatic N) is 2. The topological polar surface area (TPSA) is 36.9 Å². The van der Waals surface area contributed by atoms with Gasteiger partial charge in [-0.2, -0.15) is 11.8 Å². The van der Waals surface area contributed by atoms with Gasteiger partial charge >= 0.3 is 0 Å². The molecule has 3 rings (SSSR count). The minimum atomic E-state index is 0. The summed E-state index contributed by atoms with van der Waals surface area (Å²) in [5.41, 5.74) is 0.258. The molecular formula is C17H32IN3OS. The van der Waals surface area contributed by atoms with Gasteiger partial charge in [0.25, 0.3) is 0 Å². The Bertz CT molecular complexity index is 403. The number of thioether (sulfide) groups is 1. The molecule has 23 heavy (non-hydrogen) atoms. The molecule has 6 heteroatoms. The molecule has 2 heterocycles. The molecule has 1 N–H and O–H groups in total. The lowest BCUT2D eigenvalue weighted by Crippen LogP contribution is -2.54. The zero-order valence-electron chi connectivity index (χ0n) is 14.6. The van der Waals surface area contributed by atoms with Gasteiger partial charge in [0.15, 0.2) is 5.96 Å². The average Bonchev–Trinajstić information content (AvgIpc) is 2.50. The van der Waals surface area contributed by atoms with Crippen LogP contribution in [0, 0.1) is 5.41 Å². The highest BCUT2D eigenvalue weighted by Crippen LogP contribution is 2.42.